The van der Waals surface area contributed by atoms with Crippen molar-refractivity contribution >= 4 is 28.4 Å². The number of aliphatic hydroxyl groups is 2. The zero-order valence-electron chi connectivity index (χ0n) is 23.8. The normalized spacial score (nSPS) is 19.6. The number of hydrogen-bond acceptors (Lipinski definition) is 8. The Hall–Kier alpha value is -2.24. The van der Waals surface area contributed by atoms with Crippen LogP contribution in [0.1, 0.15) is 82.9 Å². The first-order valence-electron chi connectivity index (χ1n) is 12.7. The minimum atomic E-state index is -1.49. The fourth-order valence-corrected chi connectivity index (χ4v) is 5.08. The highest BCUT2D eigenvalue weighted by Crippen LogP contribution is 2.44. The Morgan fingerprint density at radius 1 is 1.21 bits per heavy atom. The second-order valence-electron chi connectivity index (χ2n) is 11.9. The Balaban J connectivity index is 1.80. The first-order chi connectivity index (χ1) is 17.9. The molecule has 3 atom stereocenters. The van der Waals surface area contributed by atoms with Gasteiger partial charge in [-0.2, -0.15) is 0 Å². The van der Waals surface area contributed by atoms with Crippen molar-refractivity contribution in [2.75, 3.05) is 20.3 Å². The highest BCUT2D eigenvalue weighted by atomic mass is 35.5. The monoisotopic (exact) mass is 582 g/mol. The van der Waals surface area contributed by atoms with Crippen LogP contribution in [0.25, 0.3) is 0 Å². The number of halogens is 1. The van der Waals surface area contributed by atoms with Gasteiger partial charge in [0.25, 0.3) is 0 Å². The Labute approximate surface area is 237 Å². The Bertz CT molecular complexity index is 1260. The van der Waals surface area contributed by atoms with Gasteiger partial charge in [-0.25, -0.2) is 13.9 Å². The molecule has 0 radical (unpaired) electrons. The van der Waals surface area contributed by atoms with E-state index >= 15 is 0 Å². The van der Waals surface area contributed by atoms with E-state index in [1.165, 1.54) is 7.11 Å². The molecular weight excluding hydrogens is 544 g/mol. The molecule has 0 saturated heterocycles. The van der Waals surface area contributed by atoms with Gasteiger partial charge in [0, 0.05) is 17.5 Å². The highest BCUT2D eigenvalue weighted by Gasteiger charge is 2.43. The van der Waals surface area contributed by atoms with Gasteiger partial charge in [-0.3, -0.25) is 4.79 Å². The van der Waals surface area contributed by atoms with Crippen molar-refractivity contribution < 1.29 is 33.4 Å². The molecule has 11 heteroatoms. The molecule has 2 aromatic rings. The summed E-state index contributed by atoms with van der Waals surface area (Å²) in [6.45, 7) is 12.5. The van der Waals surface area contributed by atoms with E-state index in [9.17, 15) is 19.2 Å². The number of hydrogen-bond donors (Lipinski definition) is 3. The number of carbonyl (C=O) groups excluding carboxylic acids is 1. The van der Waals surface area contributed by atoms with Crippen LogP contribution in [0.15, 0.2) is 24.3 Å². The van der Waals surface area contributed by atoms with Gasteiger partial charge < -0.3 is 24.4 Å². The Morgan fingerprint density at radius 2 is 1.87 bits per heavy atom. The molecule has 0 amide bonds. The summed E-state index contributed by atoms with van der Waals surface area (Å²) in [7, 11) is 0.0897. The van der Waals surface area contributed by atoms with Gasteiger partial charge >= 0.3 is 0 Å². The minimum Gasteiger partial charge on any atom is -0.493 e. The van der Waals surface area contributed by atoms with E-state index < -0.39 is 32.5 Å². The summed E-state index contributed by atoms with van der Waals surface area (Å²) >= 11 is 6.44. The second kappa shape index (κ2) is 11.3. The highest BCUT2D eigenvalue weighted by molar-refractivity contribution is 7.84. The van der Waals surface area contributed by atoms with Gasteiger partial charge in [0.2, 0.25) is 0 Å². The van der Waals surface area contributed by atoms with Gasteiger partial charge in [0.1, 0.15) is 17.8 Å². The number of rotatable bonds is 11. The van der Waals surface area contributed by atoms with E-state index in [2.05, 4.69) is 9.71 Å². The third-order valence-corrected chi connectivity index (χ3v) is 8.55. The fraction of sp³-hybridized carbons (Fsp3) is 0.571. The number of ketones is 1. The summed E-state index contributed by atoms with van der Waals surface area (Å²) in [6.07, 6.45) is 0.0971. The molecule has 0 fully saturated rings. The molecule has 39 heavy (non-hydrogen) atoms. The van der Waals surface area contributed by atoms with Crippen LogP contribution in [-0.4, -0.2) is 55.9 Å². The average molecular weight is 583 g/mol. The molecule has 1 aliphatic rings. The van der Waals surface area contributed by atoms with Crippen LogP contribution < -0.4 is 18.9 Å². The van der Waals surface area contributed by atoms with Crippen LogP contribution >= 0.6 is 11.6 Å². The topological polar surface area (TPSA) is 127 Å². The fourth-order valence-electron chi connectivity index (χ4n) is 3.95. The van der Waals surface area contributed by atoms with Crippen molar-refractivity contribution in [2.24, 2.45) is 0 Å². The first kappa shape index (κ1) is 31.3. The predicted molar refractivity (Wildman–Crippen MR) is 151 cm³/mol. The van der Waals surface area contributed by atoms with E-state index in [1.807, 2.05) is 27.7 Å². The van der Waals surface area contributed by atoms with E-state index in [-0.39, 0.29) is 42.7 Å². The van der Waals surface area contributed by atoms with Crippen molar-refractivity contribution in [1.29, 1.82) is 0 Å². The summed E-state index contributed by atoms with van der Waals surface area (Å²) in [5.74, 6) is 0.945. The largest absolute Gasteiger partial charge is 0.493 e. The maximum Gasteiger partial charge on any atom is 0.171 e. The maximum atomic E-state index is 13.1. The summed E-state index contributed by atoms with van der Waals surface area (Å²) < 4.78 is 32.5. The minimum absolute atomic E-state index is 0.0228. The molecule has 3 rings (SSSR count). The average Bonchev–Trinajstić information content (AvgIpc) is 3.18. The number of nitrogens with one attached hydrogen (secondary N) is 1. The summed E-state index contributed by atoms with van der Waals surface area (Å²) in [4.78, 5) is 17.4. The van der Waals surface area contributed by atoms with Crippen LogP contribution in [-0.2, 0) is 22.1 Å². The van der Waals surface area contributed by atoms with E-state index in [4.69, 9.17) is 25.8 Å². The zero-order valence-corrected chi connectivity index (χ0v) is 25.4. The lowest BCUT2D eigenvalue weighted by Gasteiger charge is -2.30. The molecule has 0 aliphatic carbocycles. The number of pyridine rings is 1. The molecule has 1 aliphatic heterocycles. The van der Waals surface area contributed by atoms with Crippen molar-refractivity contribution in [2.45, 2.75) is 82.8 Å². The lowest BCUT2D eigenvalue weighted by Crippen LogP contribution is -2.47. The molecule has 3 N–H and O–H groups in total. The number of benzene rings is 1. The molecular formula is C28H39ClN2O7S. The Morgan fingerprint density at radius 3 is 2.46 bits per heavy atom. The predicted octanol–water partition coefficient (Wildman–Crippen LogP) is 4.42. The molecule has 3 unspecified atom stereocenters. The van der Waals surface area contributed by atoms with Crippen LogP contribution in [0.2, 0.25) is 5.15 Å². The summed E-state index contributed by atoms with van der Waals surface area (Å²) in [6, 6.07) is 6.52. The van der Waals surface area contributed by atoms with Crippen molar-refractivity contribution in [3.05, 3.63) is 46.2 Å². The van der Waals surface area contributed by atoms with Crippen LogP contribution in [0, 0.1) is 0 Å². The van der Waals surface area contributed by atoms with Gasteiger partial charge in [-0.05, 0) is 79.2 Å². The van der Waals surface area contributed by atoms with E-state index in [1.54, 1.807) is 45.0 Å². The van der Waals surface area contributed by atoms with Crippen molar-refractivity contribution in [3.63, 3.8) is 0 Å². The maximum absolute atomic E-state index is 13.1. The Kier molecular flexibility index (Phi) is 9.09. The van der Waals surface area contributed by atoms with Crippen molar-refractivity contribution in [3.8, 4) is 17.2 Å². The number of aliphatic hydroxyl groups excluding tert-OH is 1. The molecule has 0 spiro atoms. The number of nitrogens with zero attached hydrogens (tertiary/aromatic N) is 1. The van der Waals surface area contributed by atoms with Crippen LogP contribution in [0.4, 0.5) is 0 Å². The van der Waals surface area contributed by atoms with E-state index in [0.29, 0.717) is 28.4 Å². The molecule has 9 nitrogen and oxygen atoms in total. The number of Topliss-reactive ketones (excluding diaryl/α,β-unsaturated/α-hetero) is 1. The SMILES string of the molecule is COc1cc(C(=O)CCC(C)(O)c2cc3c(c(Cl)n2)OCC3(C)NS(=O)C(C)(C)C)ccc1OC(C)(C)CO. The van der Waals surface area contributed by atoms with Gasteiger partial charge in [0.15, 0.2) is 28.2 Å². The van der Waals surface area contributed by atoms with Gasteiger partial charge in [-0.15, -0.1) is 0 Å². The molecule has 1 aromatic heterocycles. The zero-order chi connectivity index (χ0) is 29.4. The second-order valence-corrected chi connectivity index (χ2v) is 14.2. The van der Waals surface area contributed by atoms with E-state index in [0.717, 1.165) is 0 Å². The number of carbonyl (C=O) groups is 1. The molecule has 0 bridgehead atoms. The third-order valence-electron chi connectivity index (χ3n) is 6.55. The van der Waals surface area contributed by atoms with Gasteiger partial charge in [-0.1, -0.05) is 11.6 Å². The molecule has 2 heterocycles. The molecule has 216 valence electrons. The van der Waals surface area contributed by atoms with Crippen molar-refractivity contribution in [1.82, 2.24) is 9.71 Å². The lowest BCUT2D eigenvalue weighted by molar-refractivity contribution is 0.0386. The summed E-state index contributed by atoms with van der Waals surface area (Å²) in [5, 5.41) is 20.9. The first-order valence-corrected chi connectivity index (χ1v) is 14.2. The standard InChI is InChI=1S/C28H39ClN2O7S/c1-25(2,3)39(35)31-27(6)16-37-23-18(27)14-22(30-24(23)29)28(7,34)12-11-19(33)17-9-10-20(21(13-17)36-8)38-26(4,5)15-32/h9-10,13-14,31-32,34H,11-12,15-16H2,1-8H3. The number of aromatic nitrogens is 1. The van der Waals surface area contributed by atoms with Crippen LogP contribution in [0.3, 0.4) is 0 Å². The summed E-state index contributed by atoms with van der Waals surface area (Å²) in [5.41, 5.74) is -1.79. The van der Waals surface area contributed by atoms with Gasteiger partial charge in [0.05, 0.1) is 40.7 Å². The molecule has 1 aromatic carbocycles. The molecule has 0 saturated carbocycles. The number of ether oxygens (including phenoxy) is 3. The smallest absolute Gasteiger partial charge is 0.171 e. The number of methoxy groups -OCH3 is 1. The van der Waals surface area contributed by atoms with Crippen LogP contribution in [0.5, 0.6) is 17.2 Å². The number of fused-ring (bicyclic) bond motifs is 1. The third kappa shape index (κ3) is 7.10. The quantitative estimate of drug-likeness (QED) is 0.262. The lowest BCUT2D eigenvalue weighted by atomic mass is 9.89.